The number of aromatic nitrogens is 2. The maximum Gasteiger partial charge on any atom is 0.226 e. The lowest BCUT2D eigenvalue weighted by Crippen LogP contribution is -2.51. The van der Waals surface area contributed by atoms with Crippen LogP contribution in [0.5, 0.6) is 5.75 Å². The van der Waals surface area contributed by atoms with Crippen LogP contribution in [0.3, 0.4) is 0 Å². The van der Waals surface area contributed by atoms with Gasteiger partial charge in [-0.15, -0.1) is 0 Å². The molecule has 1 heterocycles. The summed E-state index contributed by atoms with van der Waals surface area (Å²) in [6.45, 7) is 7.10. The SMILES string of the molecule is CCCCCCCCCCCCCCCC(=O)CCC(=O)N[C@@H](CO)C(=O)C[C@@H](Cc1ccc(O)cc1)C(=O)N[C@@H](Cc1ccccc1)C(=O)C[C@@H](CCCN=C(N)N)C(=O)N[C@@H](CCCN=C(N)N)C(=O)C[C@@H](CC(C)C)C(=O)N[C@@H](Cc1cnc[nH]1)C(=O)C[C@@H](CO)C(=O)N[C@H](C(=O)CC)[C@@H](C)O. The Hall–Kier alpha value is -8.76. The lowest BCUT2D eigenvalue weighted by Gasteiger charge is -2.27. The second kappa shape index (κ2) is 51.4. The van der Waals surface area contributed by atoms with Gasteiger partial charge in [0.2, 0.25) is 29.5 Å². The number of aliphatic imine (C=N–C) groups is 2. The number of hydrogen-bond acceptors (Lipinski definition) is 18. The van der Waals surface area contributed by atoms with E-state index in [0.29, 0.717) is 29.7 Å². The first-order valence-electron chi connectivity index (χ1n) is 37.6. The summed E-state index contributed by atoms with van der Waals surface area (Å²) in [5, 5.41) is 54.7. The van der Waals surface area contributed by atoms with Crippen LogP contribution in [0.2, 0.25) is 0 Å². The third-order valence-corrected chi connectivity index (χ3v) is 18.6. The van der Waals surface area contributed by atoms with Crippen LogP contribution in [0.1, 0.15) is 218 Å². The quantitative estimate of drug-likeness (QED) is 0.0196. The van der Waals surface area contributed by atoms with Crippen molar-refractivity contribution in [1.82, 2.24) is 36.6 Å². The summed E-state index contributed by atoms with van der Waals surface area (Å²) >= 11 is 0. The van der Waals surface area contributed by atoms with Gasteiger partial charge in [-0.1, -0.05) is 147 Å². The van der Waals surface area contributed by atoms with E-state index >= 15 is 4.79 Å². The highest BCUT2D eigenvalue weighted by Gasteiger charge is 2.37. The smallest absolute Gasteiger partial charge is 0.226 e. The zero-order chi connectivity index (χ0) is 77.6. The van der Waals surface area contributed by atoms with Crippen LogP contribution in [-0.4, -0.2) is 169 Å². The first-order chi connectivity index (χ1) is 50.2. The van der Waals surface area contributed by atoms with Crippen LogP contribution in [0, 0.1) is 29.6 Å². The van der Waals surface area contributed by atoms with E-state index in [0.717, 1.165) is 19.3 Å². The number of ketones is 6. The van der Waals surface area contributed by atoms with Gasteiger partial charge < -0.3 is 74.9 Å². The molecular weight excluding hydrogens is 1350 g/mol. The number of rotatable bonds is 59. The molecule has 0 bridgehead atoms. The Labute approximate surface area is 618 Å². The van der Waals surface area contributed by atoms with Crippen molar-refractivity contribution in [3.8, 4) is 5.75 Å². The molecule has 0 aliphatic heterocycles. The average Bonchev–Trinajstić information content (AvgIpc) is 1.35. The Morgan fingerprint density at radius 3 is 1.50 bits per heavy atom. The molecule has 0 saturated heterocycles. The van der Waals surface area contributed by atoms with Gasteiger partial charge in [0.1, 0.15) is 23.6 Å². The molecule has 2 aromatic carbocycles. The number of aliphatic hydroxyl groups excluding tert-OH is 3. The lowest BCUT2D eigenvalue weighted by molar-refractivity contribution is -0.137. The Morgan fingerprint density at radius 2 is 0.971 bits per heavy atom. The molecule has 3 aromatic rings. The van der Waals surface area contributed by atoms with Crippen LogP contribution in [0.4, 0.5) is 0 Å². The van der Waals surface area contributed by atoms with E-state index in [4.69, 9.17) is 22.9 Å². The van der Waals surface area contributed by atoms with Gasteiger partial charge in [0.15, 0.2) is 40.8 Å². The zero-order valence-electron chi connectivity index (χ0n) is 62.5. The number of phenolic OH excluding ortho intramolecular Hbond substituents is 1. The van der Waals surface area contributed by atoms with Crippen molar-refractivity contribution in [1.29, 1.82) is 0 Å². The van der Waals surface area contributed by atoms with Crippen molar-refractivity contribution in [2.45, 2.75) is 257 Å². The number of carbonyl (C=O) groups excluding carboxylic acids is 11. The van der Waals surface area contributed by atoms with Crippen LogP contribution in [-0.2, 0) is 72.0 Å². The van der Waals surface area contributed by atoms with Crippen molar-refractivity contribution in [2.75, 3.05) is 26.3 Å². The first-order valence-corrected chi connectivity index (χ1v) is 37.6. The van der Waals surface area contributed by atoms with Gasteiger partial charge in [0.25, 0.3) is 0 Å². The predicted octanol–water partition coefficient (Wildman–Crippen LogP) is 5.20. The third kappa shape index (κ3) is 37.7. The number of phenols is 1. The second-order valence-electron chi connectivity index (χ2n) is 28.1. The number of guanidine groups is 2. The normalized spacial score (nSPS) is 14.1. The molecule has 105 heavy (non-hydrogen) atoms. The standard InChI is InChI=1S/C77H121N13O15/c1-6-8-9-10-11-12-13-14-15-16-17-18-22-28-59(94)34-35-70(101)86-64(48-92)69(100)43-56(39-53-30-32-60(95)33-31-53)74(104)88-62(40-52-25-20-19-21-26-52)67(98)41-54(27-23-36-83-76(78)79)72(102)87-61(29-24-37-84-77(80)81)66(97)42-55(38-50(3)4)73(103)89-63(45-58-46-82-49-85-58)68(99)44-57(47-91)75(105)90-71(51(5)93)65(96)7-2/h19-21,25-26,30-33,46,49-51,54-57,61-64,71,91-93,95H,6-18,22-24,27-29,34-45,47-48H2,1-5H3,(H,82,85)(H,86,101)(H,87,102)(H,88,104)(H,89,103)(H,90,105)(H4,78,79,83)(H4,80,81,84)/t51-,54-,55-,56-,57+,61+,62+,63+,64+,71+/m1/s1. The maximum atomic E-state index is 15.1. The predicted molar refractivity (Wildman–Crippen MR) is 401 cm³/mol. The Kier molecular flexibility index (Phi) is 44.3. The molecule has 0 aliphatic carbocycles. The number of amides is 5. The van der Waals surface area contributed by atoms with Crippen molar-refractivity contribution >= 4 is 76.2 Å². The number of aromatic hydroxyl groups is 1. The number of carbonyl (C=O) groups is 11. The molecule has 28 heteroatoms. The van der Waals surface area contributed by atoms with Gasteiger partial charge >= 0.3 is 0 Å². The summed E-state index contributed by atoms with van der Waals surface area (Å²) in [5.74, 6) is -12.7. The summed E-state index contributed by atoms with van der Waals surface area (Å²) in [4.78, 5) is 170. The number of aromatic amines is 1. The van der Waals surface area contributed by atoms with Gasteiger partial charge in [-0.25, -0.2) is 4.98 Å². The van der Waals surface area contributed by atoms with Crippen molar-refractivity contribution in [3.63, 3.8) is 0 Å². The summed E-state index contributed by atoms with van der Waals surface area (Å²) in [7, 11) is 0. The molecule has 0 fully saturated rings. The average molecular weight is 1470 g/mol. The number of imidazole rings is 1. The number of nitrogens with two attached hydrogens (primary N) is 4. The fraction of sp³-hybridized carbons (Fsp3) is 0.636. The van der Waals surface area contributed by atoms with Gasteiger partial charge in [-0.3, -0.25) is 62.7 Å². The molecule has 0 unspecified atom stereocenters. The minimum absolute atomic E-state index is 0.0166. The molecule has 0 radical (unpaired) electrons. The van der Waals surface area contributed by atoms with E-state index in [-0.39, 0.29) is 113 Å². The van der Waals surface area contributed by atoms with E-state index in [2.05, 4.69) is 53.5 Å². The molecule has 1 aromatic heterocycles. The third-order valence-electron chi connectivity index (χ3n) is 18.6. The number of nitrogens with zero attached hydrogens (tertiary/aromatic N) is 3. The van der Waals surface area contributed by atoms with E-state index in [9.17, 15) is 68.4 Å². The minimum atomic E-state index is -1.46. The van der Waals surface area contributed by atoms with E-state index in [1.807, 2.05) is 13.8 Å². The Morgan fingerprint density at radius 1 is 0.486 bits per heavy atom. The van der Waals surface area contributed by atoms with Crippen LogP contribution >= 0.6 is 0 Å². The number of unbranched alkanes of at least 4 members (excludes halogenated alkanes) is 12. The maximum absolute atomic E-state index is 15.1. The lowest BCUT2D eigenvalue weighted by atomic mass is 9.87. The molecule has 18 N–H and O–H groups in total. The summed E-state index contributed by atoms with van der Waals surface area (Å²) in [6, 6.07) is 7.80. The second-order valence-corrected chi connectivity index (χ2v) is 28.1. The van der Waals surface area contributed by atoms with Gasteiger partial charge in [-0.2, -0.15) is 0 Å². The molecular formula is C77H121N13O15. The summed E-state index contributed by atoms with van der Waals surface area (Å²) in [6.07, 6.45) is 14.4. The van der Waals surface area contributed by atoms with Crippen molar-refractivity contribution in [3.05, 3.63) is 83.9 Å². The minimum Gasteiger partial charge on any atom is -0.508 e. The molecule has 584 valence electrons. The van der Waals surface area contributed by atoms with Crippen molar-refractivity contribution < 1.29 is 73.2 Å². The monoisotopic (exact) mass is 1470 g/mol. The van der Waals surface area contributed by atoms with Crippen LogP contribution in [0.25, 0.3) is 0 Å². The number of hydrogen-bond donors (Lipinski definition) is 14. The summed E-state index contributed by atoms with van der Waals surface area (Å²) < 4.78 is 0. The molecule has 0 spiro atoms. The van der Waals surface area contributed by atoms with Gasteiger partial charge in [0.05, 0.1) is 49.7 Å². The Bertz CT molecular complexity index is 3190. The number of benzene rings is 2. The molecule has 0 aliphatic rings. The molecule has 10 atom stereocenters. The van der Waals surface area contributed by atoms with E-state index in [1.165, 1.54) is 89.4 Å². The summed E-state index contributed by atoms with van der Waals surface area (Å²) in [5.41, 5.74) is 24.2. The van der Waals surface area contributed by atoms with E-state index in [1.54, 1.807) is 49.4 Å². The largest absolute Gasteiger partial charge is 0.508 e. The highest BCUT2D eigenvalue weighted by atomic mass is 16.3. The molecule has 0 saturated carbocycles. The number of H-pyrrole nitrogens is 1. The number of aliphatic hydroxyl groups is 3. The van der Waals surface area contributed by atoms with E-state index < -0.39 is 157 Å². The van der Waals surface area contributed by atoms with Crippen molar-refractivity contribution in [2.24, 2.45) is 62.5 Å². The fourth-order valence-corrected chi connectivity index (χ4v) is 12.5. The number of Topliss-reactive ketones (excluding diaryl/α,β-unsaturated/α-hetero) is 6. The van der Waals surface area contributed by atoms with Crippen LogP contribution in [0.15, 0.2) is 77.1 Å². The topological polar surface area (TPSA) is 486 Å². The zero-order valence-corrected chi connectivity index (χ0v) is 62.5. The highest BCUT2D eigenvalue weighted by Crippen LogP contribution is 2.25. The molecule has 28 nitrogen and oxygen atoms in total. The Balaban J connectivity index is 1.92. The molecule has 5 amide bonds. The van der Waals surface area contributed by atoms with Gasteiger partial charge in [-0.05, 0) is 87.5 Å². The highest BCUT2D eigenvalue weighted by molar-refractivity contribution is 5.99. The number of nitrogens with one attached hydrogen (secondary N) is 6. The van der Waals surface area contributed by atoms with Crippen LogP contribution < -0.4 is 49.5 Å². The first kappa shape index (κ1) is 90.5. The van der Waals surface area contributed by atoms with Gasteiger partial charge in [0, 0.05) is 101 Å². The molecule has 3 rings (SSSR count). The fourth-order valence-electron chi connectivity index (χ4n) is 12.5.